The maximum absolute atomic E-state index is 14.9. The molecule has 0 radical (unpaired) electrons. The first kappa shape index (κ1) is 30.3. The van der Waals surface area contributed by atoms with E-state index in [0.717, 1.165) is 43.0 Å². The number of hydrogen-bond acceptors (Lipinski definition) is 1. The molecule has 10 heteroatoms. The third kappa shape index (κ3) is 6.98. The Morgan fingerprint density at radius 1 is 0.756 bits per heavy atom. The van der Waals surface area contributed by atoms with Gasteiger partial charge in [0.1, 0.15) is 40.4 Å². The van der Waals surface area contributed by atoms with E-state index in [2.05, 4.69) is 16.6 Å². The van der Waals surface area contributed by atoms with Crippen LogP contribution < -0.4 is 4.74 Å². The maximum atomic E-state index is 14.9. The number of halogens is 9. The van der Waals surface area contributed by atoms with E-state index in [1.165, 1.54) is 18.2 Å². The zero-order valence-corrected chi connectivity index (χ0v) is 22.7. The topological polar surface area (TPSA) is 9.23 Å². The zero-order valence-electron chi connectivity index (χ0n) is 21.2. The first-order chi connectivity index (χ1) is 19.4. The number of ether oxygens (including phenoxy) is 1. The number of benzene rings is 4. The largest absolute Gasteiger partial charge is 0.432 e. The number of unbranched alkanes of at least 4 members (excludes halogenated alkanes) is 1. The molecule has 0 fully saturated rings. The molecule has 41 heavy (non-hydrogen) atoms. The fourth-order valence-corrected chi connectivity index (χ4v) is 4.27. The summed E-state index contributed by atoms with van der Waals surface area (Å²) in [7, 11) is 0. The minimum Gasteiger partial charge on any atom is -0.429 e. The molecule has 212 valence electrons. The van der Waals surface area contributed by atoms with Gasteiger partial charge in [0.15, 0.2) is 0 Å². The van der Waals surface area contributed by atoms with E-state index < -0.39 is 56.6 Å². The molecule has 1 nitrogen and oxygen atoms in total. The van der Waals surface area contributed by atoms with Crippen molar-refractivity contribution in [3.05, 3.63) is 122 Å². The van der Waals surface area contributed by atoms with Crippen molar-refractivity contribution in [1.29, 1.82) is 0 Å². The molecule has 0 aliphatic rings. The highest BCUT2D eigenvalue weighted by molar-refractivity contribution is 6.42. The highest BCUT2D eigenvalue weighted by Gasteiger charge is 2.41. The van der Waals surface area contributed by atoms with Crippen LogP contribution in [0.5, 0.6) is 5.75 Å². The van der Waals surface area contributed by atoms with Crippen molar-refractivity contribution in [2.45, 2.75) is 32.3 Å². The Morgan fingerprint density at radius 3 is 2.07 bits per heavy atom. The standard InChI is InChI=1S/C31H19Cl2F7O/c1-2-3-4-17-5-8-19(24(34)11-17)9-6-18-7-10-22(25(35)12-18)20-13-26(36)29(27(37)14-20)31(39,40)41-21-15-23(32)30(33)28(38)16-21/h5,7-8,10-16H,2-4H2,1H3. The van der Waals surface area contributed by atoms with Crippen molar-refractivity contribution >= 4 is 23.2 Å². The SMILES string of the molecule is CCCCc1ccc(C#Cc2ccc(-c3cc(F)c(C(F)(F)Oc4cc(F)c(Cl)c(Cl)c4)c(F)c3)c(F)c2)c(F)c1. The smallest absolute Gasteiger partial charge is 0.429 e. The van der Waals surface area contributed by atoms with Crippen molar-refractivity contribution in [3.63, 3.8) is 0 Å². The molecule has 4 aromatic carbocycles. The minimum absolute atomic E-state index is 0.112. The second kappa shape index (κ2) is 12.5. The summed E-state index contributed by atoms with van der Waals surface area (Å²) in [6, 6.07) is 10.4. The number of hydrogen-bond donors (Lipinski definition) is 0. The Bertz CT molecular complexity index is 1630. The van der Waals surface area contributed by atoms with Crippen LogP contribution in [0.1, 0.15) is 42.0 Å². The van der Waals surface area contributed by atoms with Gasteiger partial charge in [-0.3, -0.25) is 0 Å². The number of aryl methyl sites for hydroxylation is 1. The minimum atomic E-state index is -4.60. The summed E-state index contributed by atoms with van der Waals surface area (Å²) in [6.07, 6.45) is -1.98. The molecular weight excluding hydrogens is 592 g/mol. The van der Waals surface area contributed by atoms with Gasteiger partial charge < -0.3 is 4.74 Å². The van der Waals surface area contributed by atoms with E-state index in [1.54, 1.807) is 6.07 Å². The van der Waals surface area contributed by atoms with E-state index in [9.17, 15) is 30.7 Å². The fraction of sp³-hybridized carbons (Fsp3) is 0.161. The average Bonchev–Trinajstić information content (AvgIpc) is 2.89. The monoisotopic (exact) mass is 610 g/mol. The summed E-state index contributed by atoms with van der Waals surface area (Å²) in [5.41, 5.74) is -1.37. The molecule has 0 saturated heterocycles. The molecule has 4 rings (SSSR count). The first-order valence-corrected chi connectivity index (χ1v) is 13.0. The molecule has 0 saturated carbocycles. The molecule has 0 amide bonds. The third-order valence-corrected chi connectivity index (χ3v) is 6.79. The molecule has 0 bridgehead atoms. The molecule has 0 aliphatic heterocycles. The molecule has 0 aromatic heterocycles. The molecular formula is C31H19Cl2F7O. The van der Waals surface area contributed by atoms with Crippen LogP contribution >= 0.6 is 23.2 Å². The Balaban J connectivity index is 1.58. The van der Waals surface area contributed by atoms with Crippen molar-refractivity contribution in [3.8, 4) is 28.7 Å². The highest BCUT2D eigenvalue weighted by Crippen LogP contribution is 2.39. The number of alkyl halides is 2. The lowest BCUT2D eigenvalue weighted by Crippen LogP contribution is -2.25. The van der Waals surface area contributed by atoms with E-state index in [-0.39, 0.29) is 22.3 Å². The van der Waals surface area contributed by atoms with Crippen molar-refractivity contribution < 1.29 is 35.5 Å². The molecule has 0 N–H and O–H groups in total. The first-order valence-electron chi connectivity index (χ1n) is 12.2. The van der Waals surface area contributed by atoms with Crippen LogP contribution in [0.4, 0.5) is 30.7 Å². The van der Waals surface area contributed by atoms with Gasteiger partial charge >= 0.3 is 6.11 Å². The van der Waals surface area contributed by atoms with Crippen LogP contribution in [-0.4, -0.2) is 0 Å². The molecule has 0 aliphatic carbocycles. The lowest BCUT2D eigenvalue weighted by molar-refractivity contribution is -0.189. The van der Waals surface area contributed by atoms with Gasteiger partial charge in [0, 0.05) is 23.3 Å². The van der Waals surface area contributed by atoms with Gasteiger partial charge in [0.25, 0.3) is 0 Å². The van der Waals surface area contributed by atoms with Crippen molar-refractivity contribution in [2.24, 2.45) is 0 Å². The van der Waals surface area contributed by atoms with Crippen LogP contribution in [0.15, 0.2) is 60.7 Å². The van der Waals surface area contributed by atoms with E-state index in [1.807, 2.05) is 6.92 Å². The summed E-state index contributed by atoms with van der Waals surface area (Å²) in [5.74, 6) is -1.72. The van der Waals surface area contributed by atoms with Gasteiger partial charge in [-0.1, -0.05) is 60.5 Å². The summed E-state index contributed by atoms with van der Waals surface area (Å²) in [4.78, 5) is 0. The van der Waals surface area contributed by atoms with Gasteiger partial charge in [0.05, 0.1) is 15.6 Å². The predicted molar refractivity (Wildman–Crippen MR) is 144 cm³/mol. The van der Waals surface area contributed by atoms with Crippen LogP contribution in [0, 0.1) is 40.9 Å². The third-order valence-electron chi connectivity index (χ3n) is 6.01. The van der Waals surface area contributed by atoms with Gasteiger partial charge in [-0.15, -0.1) is 0 Å². The van der Waals surface area contributed by atoms with Crippen LogP contribution in [0.3, 0.4) is 0 Å². The summed E-state index contributed by atoms with van der Waals surface area (Å²) >= 11 is 11.2. The maximum Gasteiger partial charge on any atom is 0.432 e. The average molecular weight is 611 g/mol. The lowest BCUT2D eigenvalue weighted by atomic mass is 10.00. The highest BCUT2D eigenvalue weighted by atomic mass is 35.5. The van der Waals surface area contributed by atoms with Gasteiger partial charge in [0.2, 0.25) is 0 Å². The molecule has 0 heterocycles. The fourth-order valence-electron chi connectivity index (χ4n) is 3.96. The Morgan fingerprint density at radius 2 is 1.46 bits per heavy atom. The lowest BCUT2D eigenvalue weighted by Gasteiger charge is -2.20. The van der Waals surface area contributed by atoms with Crippen LogP contribution in [0.2, 0.25) is 10.0 Å². The van der Waals surface area contributed by atoms with Crippen LogP contribution in [-0.2, 0) is 12.5 Å². The van der Waals surface area contributed by atoms with Crippen molar-refractivity contribution in [1.82, 2.24) is 0 Å². The Kier molecular flexibility index (Phi) is 9.21. The Hall–Kier alpha value is -3.67. The summed E-state index contributed by atoms with van der Waals surface area (Å²) in [5, 5.41) is -1.01. The van der Waals surface area contributed by atoms with E-state index in [4.69, 9.17) is 23.2 Å². The van der Waals surface area contributed by atoms with Crippen LogP contribution in [0.25, 0.3) is 11.1 Å². The molecule has 0 unspecified atom stereocenters. The van der Waals surface area contributed by atoms with Crippen molar-refractivity contribution in [2.75, 3.05) is 0 Å². The van der Waals surface area contributed by atoms with Gasteiger partial charge in [-0.05, 0) is 60.4 Å². The second-order valence-corrected chi connectivity index (χ2v) is 9.78. The zero-order chi connectivity index (χ0) is 29.9. The van der Waals surface area contributed by atoms with Gasteiger partial charge in [-0.25, -0.2) is 22.0 Å². The van der Waals surface area contributed by atoms with E-state index >= 15 is 0 Å². The van der Waals surface area contributed by atoms with E-state index in [0.29, 0.717) is 18.2 Å². The summed E-state index contributed by atoms with van der Waals surface area (Å²) in [6.45, 7) is 2.03. The normalized spacial score (nSPS) is 11.3. The molecule has 0 atom stereocenters. The molecule has 4 aromatic rings. The number of rotatable bonds is 7. The quantitative estimate of drug-likeness (QED) is 0.115. The second-order valence-electron chi connectivity index (χ2n) is 9.00. The predicted octanol–water partition coefficient (Wildman–Crippen LogP) is 10.2. The summed E-state index contributed by atoms with van der Waals surface area (Å²) < 4.78 is 106. The molecule has 0 spiro atoms. The van der Waals surface area contributed by atoms with Gasteiger partial charge in [-0.2, -0.15) is 8.78 Å². The Labute approximate surface area is 241 Å².